The van der Waals surface area contributed by atoms with Gasteiger partial charge in [-0.2, -0.15) is 0 Å². The summed E-state index contributed by atoms with van der Waals surface area (Å²) in [6.07, 6.45) is 6.92. The molecule has 1 aromatic rings. The number of aryl methyl sites for hydroxylation is 1. The number of hydrogen-bond acceptors (Lipinski definition) is 2. The molecule has 1 heterocycles. The molecule has 1 aliphatic carbocycles. The predicted molar refractivity (Wildman–Crippen MR) is 80.3 cm³/mol. The SMILES string of the molecule is Cc1cccc(CN2CCCCC2CNC2CC2)c1. The lowest BCUT2D eigenvalue weighted by molar-refractivity contribution is 0.137. The lowest BCUT2D eigenvalue weighted by Gasteiger charge is -2.36. The summed E-state index contributed by atoms with van der Waals surface area (Å²) in [5, 5.41) is 3.71. The lowest BCUT2D eigenvalue weighted by Crippen LogP contribution is -2.45. The van der Waals surface area contributed by atoms with Gasteiger partial charge in [0.1, 0.15) is 0 Å². The zero-order valence-electron chi connectivity index (χ0n) is 12.1. The first kappa shape index (κ1) is 13.1. The molecule has 0 bridgehead atoms. The molecule has 2 aliphatic rings. The molecule has 1 N–H and O–H groups in total. The van der Waals surface area contributed by atoms with Gasteiger partial charge in [-0.3, -0.25) is 4.90 Å². The van der Waals surface area contributed by atoms with E-state index >= 15 is 0 Å². The Morgan fingerprint density at radius 3 is 2.89 bits per heavy atom. The van der Waals surface area contributed by atoms with E-state index in [-0.39, 0.29) is 0 Å². The second-order valence-corrected chi connectivity index (χ2v) is 6.29. The summed E-state index contributed by atoms with van der Waals surface area (Å²) in [6.45, 7) is 5.77. The molecule has 0 aromatic heterocycles. The van der Waals surface area contributed by atoms with Crippen molar-refractivity contribution in [1.82, 2.24) is 10.2 Å². The third-order valence-corrected chi connectivity index (χ3v) is 4.44. The van der Waals surface area contributed by atoms with E-state index in [9.17, 15) is 0 Å². The molecule has 0 amide bonds. The van der Waals surface area contributed by atoms with E-state index in [1.807, 2.05) is 0 Å². The zero-order chi connectivity index (χ0) is 13.1. The fourth-order valence-corrected chi connectivity index (χ4v) is 3.13. The molecule has 19 heavy (non-hydrogen) atoms. The Bertz CT molecular complexity index is 411. The van der Waals surface area contributed by atoms with Gasteiger partial charge in [-0.25, -0.2) is 0 Å². The average Bonchev–Trinajstić information content (AvgIpc) is 3.22. The van der Waals surface area contributed by atoms with Gasteiger partial charge in [0.25, 0.3) is 0 Å². The van der Waals surface area contributed by atoms with Crippen LogP contribution in [-0.2, 0) is 6.54 Å². The highest BCUT2D eigenvalue weighted by atomic mass is 15.2. The third-order valence-electron chi connectivity index (χ3n) is 4.44. The van der Waals surface area contributed by atoms with Crippen LogP contribution in [0.2, 0.25) is 0 Å². The Hall–Kier alpha value is -0.860. The molecule has 1 saturated heterocycles. The van der Waals surface area contributed by atoms with Crippen LogP contribution in [-0.4, -0.2) is 30.1 Å². The van der Waals surface area contributed by atoms with E-state index in [2.05, 4.69) is 41.4 Å². The summed E-state index contributed by atoms with van der Waals surface area (Å²) in [4.78, 5) is 2.69. The summed E-state index contributed by atoms with van der Waals surface area (Å²) in [6, 6.07) is 10.6. The van der Waals surface area contributed by atoms with Crippen LogP contribution in [0.25, 0.3) is 0 Å². The van der Waals surface area contributed by atoms with Gasteiger partial charge in [-0.05, 0) is 44.7 Å². The normalized spacial score (nSPS) is 24.6. The maximum Gasteiger partial charge on any atom is 0.0237 e. The van der Waals surface area contributed by atoms with Crippen molar-refractivity contribution in [3.05, 3.63) is 35.4 Å². The third kappa shape index (κ3) is 3.80. The maximum absolute atomic E-state index is 3.71. The molecule has 3 rings (SSSR count). The van der Waals surface area contributed by atoms with Gasteiger partial charge in [-0.15, -0.1) is 0 Å². The summed E-state index contributed by atoms with van der Waals surface area (Å²) >= 11 is 0. The first-order valence-electron chi connectivity index (χ1n) is 7.84. The van der Waals surface area contributed by atoms with Gasteiger partial charge in [0.2, 0.25) is 0 Å². The van der Waals surface area contributed by atoms with Crippen molar-refractivity contribution in [3.8, 4) is 0 Å². The number of benzene rings is 1. The molecule has 1 unspecified atom stereocenters. The molecule has 2 nitrogen and oxygen atoms in total. The first-order chi connectivity index (χ1) is 9.31. The zero-order valence-corrected chi connectivity index (χ0v) is 12.1. The van der Waals surface area contributed by atoms with Crippen LogP contribution in [0.1, 0.15) is 43.2 Å². The summed E-state index contributed by atoms with van der Waals surface area (Å²) in [7, 11) is 0. The molecule has 2 fully saturated rings. The minimum atomic E-state index is 0.745. The quantitative estimate of drug-likeness (QED) is 0.873. The molecule has 1 saturated carbocycles. The molecule has 104 valence electrons. The summed E-state index contributed by atoms with van der Waals surface area (Å²) in [5.74, 6) is 0. The average molecular weight is 258 g/mol. The Labute approximate surface area is 117 Å². The molecule has 0 radical (unpaired) electrons. The topological polar surface area (TPSA) is 15.3 Å². The highest BCUT2D eigenvalue weighted by Crippen LogP contribution is 2.22. The van der Waals surface area contributed by atoms with E-state index in [4.69, 9.17) is 0 Å². The molecule has 0 spiro atoms. The smallest absolute Gasteiger partial charge is 0.0237 e. The van der Waals surface area contributed by atoms with E-state index in [1.165, 1.54) is 56.3 Å². The van der Waals surface area contributed by atoms with E-state index in [1.54, 1.807) is 0 Å². The van der Waals surface area contributed by atoms with E-state index in [0.29, 0.717) is 0 Å². The van der Waals surface area contributed by atoms with Crippen LogP contribution in [0.3, 0.4) is 0 Å². The second-order valence-electron chi connectivity index (χ2n) is 6.29. The summed E-state index contributed by atoms with van der Waals surface area (Å²) < 4.78 is 0. The second kappa shape index (κ2) is 6.06. The van der Waals surface area contributed by atoms with Crippen molar-refractivity contribution in [2.75, 3.05) is 13.1 Å². The van der Waals surface area contributed by atoms with Gasteiger partial charge in [-0.1, -0.05) is 36.2 Å². The molecular weight excluding hydrogens is 232 g/mol. The van der Waals surface area contributed by atoms with E-state index in [0.717, 1.165) is 18.6 Å². The monoisotopic (exact) mass is 258 g/mol. The van der Waals surface area contributed by atoms with Gasteiger partial charge < -0.3 is 5.32 Å². The molecular formula is C17H26N2. The first-order valence-corrected chi connectivity index (χ1v) is 7.84. The Kier molecular flexibility index (Phi) is 4.19. The Morgan fingerprint density at radius 1 is 1.21 bits per heavy atom. The van der Waals surface area contributed by atoms with E-state index < -0.39 is 0 Å². The van der Waals surface area contributed by atoms with Crippen LogP contribution in [0.15, 0.2) is 24.3 Å². The highest BCUT2D eigenvalue weighted by Gasteiger charge is 2.26. The van der Waals surface area contributed by atoms with Crippen molar-refractivity contribution >= 4 is 0 Å². The van der Waals surface area contributed by atoms with Crippen LogP contribution >= 0.6 is 0 Å². The lowest BCUT2D eigenvalue weighted by atomic mass is 10.0. The summed E-state index contributed by atoms with van der Waals surface area (Å²) in [5.41, 5.74) is 2.85. The van der Waals surface area contributed by atoms with Crippen molar-refractivity contribution in [3.63, 3.8) is 0 Å². The molecule has 1 atom stereocenters. The van der Waals surface area contributed by atoms with Crippen LogP contribution in [0.4, 0.5) is 0 Å². The molecule has 2 heteroatoms. The van der Waals surface area contributed by atoms with Crippen LogP contribution in [0.5, 0.6) is 0 Å². The molecule has 1 aliphatic heterocycles. The minimum Gasteiger partial charge on any atom is -0.312 e. The van der Waals surface area contributed by atoms with Crippen molar-refractivity contribution < 1.29 is 0 Å². The highest BCUT2D eigenvalue weighted by molar-refractivity contribution is 5.22. The Balaban J connectivity index is 1.59. The Morgan fingerprint density at radius 2 is 2.11 bits per heavy atom. The number of hydrogen-bond donors (Lipinski definition) is 1. The standard InChI is InChI=1S/C17H26N2/c1-14-5-4-6-15(11-14)13-19-10-3-2-7-17(19)12-18-16-8-9-16/h4-6,11,16-18H,2-3,7-10,12-13H2,1H3. The van der Waals surface area contributed by atoms with Gasteiger partial charge in [0.15, 0.2) is 0 Å². The van der Waals surface area contributed by atoms with Crippen LogP contribution < -0.4 is 5.32 Å². The predicted octanol–water partition coefficient (Wildman–Crippen LogP) is 3.10. The largest absolute Gasteiger partial charge is 0.312 e. The van der Waals surface area contributed by atoms with Gasteiger partial charge in [0.05, 0.1) is 0 Å². The molecule has 1 aromatic carbocycles. The fourth-order valence-electron chi connectivity index (χ4n) is 3.13. The minimum absolute atomic E-state index is 0.745. The van der Waals surface area contributed by atoms with Crippen molar-refractivity contribution in [2.45, 2.75) is 57.7 Å². The number of nitrogens with one attached hydrogen (secondary N) is 1. The number of rotatable bonds is 5. The van der Waals surface area contributed by atoms with Gasteiger partial charge >= 0.3 is 0 Å². The van der Waals surface area contributed by atoms with Gasteiger partial charge in [0, 0.05) is 25.2 Å². The maximum atomic E-state index is 3.71. The van der Waals surface area contributed by atoms with Crippen LogP contribution in [0, 0.1) is 6.92 Å². The number of likely N-dealkylation sites (tertiary alicyclic amines) is 1. The van der Waals surface area contributed by atoms with Crippen molar-refractivity contribution in [1.29, 1.82) is 0 Å². The fraction of sp³-hybridized carbons (Fsp3) is 0.647. The van der Waals surface area contributed by atoms with Crippen molar-refractivity contribution in [2.24, 2.45) is 0 Å². The number of nitrogens with zero attached hydrogens (tertiary/aromatic N) is 1. The number of piperidine rings is 1.